The van der Waals surface area contributed by atoms with Crippen LogP contribution in [0.1, 0.15) is 42.1 Å². The van der Waals surface area contributed by atoms with Crippen molar-refractivity contribution in [2.45, 2.75) is 38.8 Å². The molecule has 13 nitrogen and oxygen atoms in total. The highest BCUT2D eigenvalue weighted by atomic mass is 16.6. The number of carbonyl (C=O) groups is 4. The lowest BCUT2D eigenvalue weighted by Crippen LogP contribution is -2.44. The van der Waals surface area contributed by atoms with E-state index in [1.54, 1.807) is 30.1 Å². The largest absolute Gasteiger partial charge is 0.378 e. The summed E-state index contributed by atoms with van der Waals surface area (Å²) in [5, 5.41) is 11.3. The van der Waals surface area contributed by atoms with Gasteiger partial charge in [-0.1, -0.05) is 25.5 Å². The lowest BCUT2D eigenvalue weighted by Gasteiger charge is -2.27. The zero-order valence-corrected chi connectivity index (χ0v) is 25.3. The van der Waals surface area contributed by atoms with Crippen LogP contribution in [0.4, 0.5) is 5.69 Å². The monoisotopic (exact) mass is 595 g/mol. The first-order chi connectivity index (χ1) is 20.5. The van der Waals surface area contributed by atoms with Gasteiger partial charge in [0.15, 0.2) is 0 Å². The van der Waals surface area contributed by atoms with Gasteiger partial charge in [0.25, 0.3) is 0 Å². The molecule has 0 aliphatic rings. The number of likely N-dealkylation sites (N-methyl/N-ethyl adjacent to an activating group) is 2. The molecule has 1 unspecified atom stereocenters. The summed E-state index contributed by atoms with van der Waals surface area (Å²) in [7, 11) is 3.63. The highest BCUT2D eigenvalue weighted by molar-refractivity contribution is 5.93. The first-order valence-corrected chi connectivity index (χ1v) is 14.5. The van der Waals surface area contributed by atoms with Gasteiger partial charge in [-0.3, -0.25) is 29.4 Å². The van der Waals surface area contributed by atoms with E-state index in [0.29, 0.717) is 95.6 Å². The van der Waals surface area contributed by atoms with Crippen molar-refractivity contribution >= 4 is 30.2 Å². The number of hydrogen-bond donors (Lipinski definition) is 4. The Morgan fingerprint density at radius 3 is 2.10 bits per heavy atom. The van der Waals surface area contributed by atoms with Crippen LogP contribution in [0.3, 0.4) is 0 Å². The molecule has 3 amide bonds. The van der Waals surface area contributed by atoms with Crippen molar-refractivity contribution in [3.8, 4) is 0 Å². The minimum atomic E-state index is -0.556. The second-order valence-corrected chi connectivity index (χ2v) is 9.44. The van der Waals surface area contributed by atoms with E-state index in [2.05, 4.69) is 21.3 Å². The number of rotatable bonds is 27. The SMILES string of the molecule is CCCC(C(=O)NC=O)N(C)Cc1c(C=O)cccc1NC(=O)CCNCCOCCOCCOCCOCCNC. The van der Waals surface area contributed by atoms with Crippen LogP contribution in [0.15, 0.2) is 18.2 Å². The molecule has 1 aromatic rings. The smallest absolute Gasteiger partial charge is 0.243 e. The summed E-state index contributed by atoms with van der Waals surface area (Å²) in [4.78, 5) is 49.2. The Morgan fingerprint density at radius 2 is 1.52 bits per heavy atom. The summed E-state index contributed by atoms with van der Waals surface area (Å²) in [5.74, 6) is -0.617. The Balaban J connectivity index is 2.30. The maximum Gasteiger partial charge on any atom is 0.243 e. The summed E-state index contributed by atoms with van der Waals surface area (Å²) in [6, 6.07) is 4.53. The second-order valence-electron chi connectivity index (χ2n) is 9.44. The molecular weight excluding hydrogens is 546 g/mol. The fourth-order valence-corrected chi connectivity index (χ4v) is 3.97. The van der Waals surface area contributed by atoms with E-state index in [9.17, 15) is 19.2 Å². The molecule has 0 saturated heterocycles. The van der Waals surface area contributed by atoms with Crippen LogP contribution in [0, 0.1) is 0 Å². The van der Waals surface area contributed by atoms with Crippen molar-refractivity contribution in [1.82, 2.24) is 20.9 Å². The second kappa shape index (κ2) is 24.8. The number of amides is 3. The minimum absolute atomic E-state index is 0.209. The molecule has 238 valence electrons. The number of imide groups is 1. The third-order valence-electron chi connectivity index (χ3n) is 6.18. The van der Waals surface area contributed by atoms with Crippen molar-refractivity contribution in [1.29, 1.82) is 0 Å². The first kappa shape index (κ1) is 37.2. The van der Waals surface area contributed by atoms with Crippen molar-refractivity contribution in [3.63, 3.8) is 0 Å². The van der Waals surface area contributed by atoms with E-state index in [-0.39, 0.29) is 18.9 Å². The van der Waals surface area contributed by atoms with Gasteiger partial charge in [0.1, 0.15) is 6.29 Å². The van der Waals surface area contributed by atoms with Crippen LogP contribution in [0.25, 0.3) is 0 Å². The van der Waals surface area contributed by atoms with Gasteiger partial charge < -0.3 is 34.9 Å². The van der Waals surface area contributed by atoms with Crippen molar-refractivity contribution in [3.05, 3.63) is 29.3 Å². The lowest BCUT2D eigenvalue weighted by molar-refractivity contribution is -0.129. The van der Waals surface area contributed by atoms with Crippen LogP contribution < -0.4 is 21.3 Å². The number of benzene rings is 1. The van der Waals surface area contributed by atoms with Gasteiger partial charge in [0.05, 0.1) is 58.9 Å². The summed E-state index contributed by atoms with van der Waals surface area (Å²) in [6.07, 6.45) is 2.58. The number of carbonyl (C=O) groups excluding carboxylic acids is 4. The van der Waals surface area contributed by atoms with Gasteiger partial charge in [-0.2, -0.15) is 0 Å². The Hall–Kier alpha value is -2.78. The molecule has 0 aliphatic carbocycles. The zero-order valence-electron chi connectivity index (χ0n) is 25.3. The fraction of sp³-hybridized carbons (Fsp3) is 0.655. The third-order valence-corrected chi connectivity index (χ3v) is 6.18. The normalized spacial score (nSPS) is 11.8. The van der Waals surface area contributed by atoms with E-state index in [0.717, 1.165) is 19.3 Å². The Kier molecular flexibility index (Phi) is 22.0. The van der Waals surface area contributed by atoms with Crippen LogP contribution in [0.2, 0.25) is 0 Å². The topological polar surface area (TPSA) is 157 Å². The number of anilines is 1. The summed E-state index contributed by atoms with van der Waals surface area (Å²) in [5.41, 5.74) is 1.53. The van der Waals surface area contributed by atoms with E-state index >= 15 is 0 Å². The number of aldehydes is 1. The maximum atomic E-state index is 12.6. The standard InChI is InChI=1S/C29H49N5O8/c1-4-6-27(29(38)32-23-36)34(3)21-25-24(22-35)7-5-8-26(25)33-28(37)9-10-31-12-14-40-16-18-42-20-19-41-17-15-39-13-11-30-2/h5,7-8,22-23,27,30-31H,4,6,9-21H2,1-3H3,(H,33,37)(H,32,36,38). The van der Waals surface area contributed by atoms with Gasteiger partial charge in [-0.25, -0.2) is 0 Å². The molecule has 1 rings (SSSR count). The van der Waals surface area contributed by atoms with Gasteiger partial charge in [-0.15, -0.1) is 0 Å². The molecule has 42 heavy (non-hydrogen) atoms. The number of nitrogens with one attached hydrogen (secondary N) is 4. The average Bonchev–Trinajstić information content (AvgIpc) is 2.98. The van der Waals surface area contributed by atoms with Gasteiger partial charge >= 0.3 is 0 Å². The highest BCUT2D eigenvalue weighted by Crippen LogP contribution is 2.22. The predicted molar refractivity (Wildman–Crippen MR) is 160 cm³/mol. The average molecular weight is 596 g/mol. The molecule has 0 radical (unpaired) electrons. The summed E-state index contributed by atoms with van der Waals surface area (Å²) < 4.78 is 21.8. The van der Waals surface area contributed by atoms with Crippen molar-refractivity contribution in [2.75, 3.05) is 91.9 Å². The molecule has 13 heteroatoms. The molecule has 1 atom stereocenters. The third kappa shape index (κ3) is 16.6. The minimum Gasteiger partial charge on any atom is -0.378 e. The first-order valence-electron chi connectivity index (χ1n) is 14.5. The van der Waals surface area contributed by atoms with Crippen LogP contribution >= 0.6 is 0 Å². The van der Waals surface area contributed by atoms with Crippen molar-refractivity contribution in [2.24, 2.45) is 0 Å². The Bertz CT molecular complexity index is 905. The lowest BCUT2D eigenvalue weighted by atomic mass is 10.0. The van der Waals surface area contributed by atoms with Crippen LogP contribution in [-0.4, -0.2) is 122 Å². The Morgan fingerprint density at radius 1 is 0.905 bits per heavy atom. The predicted octanol–water partition coefficient (Wildman–Crippen LogP) is 0.576. The summed E-state index contributed by atoms with van der Waals surface area (Å²) in [6.45, 7) is 8.25. The van der Waals surface area contributed by atoms with Gasteiger partial charge in [-0.05, 0) is 26.6 Å². The van der Waals surface area contributed by atoms with E-state index in [4.69, 9.17) is 18.9 Å². The van der Waals surface area contributed by atoms with E-state index in [1.165, 1.54) is 0 Å². The number of ether oxygens (including phenoxy) is 4. The van der Waals surface area contributed by atoms with Crippen molar-refractivity contribution < 1.29 is 38.1 Å². The number of nitrogens with zero attached hydrogens (tertiary/aromatic N) is 1. The molecule has 0 heterocycles. The Labute approximate surface area is 249 Å². The number of hydrogen-bond acceptors (Lipinski definition) is 11. The zero-order chi connectivity index (χ0) is 30.8. The molecule has 0 aromatic heterocycles. The van der Waals surface area contributed by atoms with E-state index in [1.807, 2.05) is 14.0 Å². The molecule has 4 N–H and O–H groups in total. The highest BCUT2D eigenvalue weighted by Gasteiger charge is 2.24. The molecule has 0 bridgehead atoms. The molecule has 0 saturated carbocycles. The van der Waals surface area contributed by atoms with E-state index < -0.39 is 11.9 Å². The molecule has 0 aliphatic heterocycles. The quantitative estimate of drug-likeness (QED) is 0.0833. The molecule has 1 aromatic carbocycles. The molecule has 0 fully saturated rings. The maximum absolute atomic E-state index is 12.6. The fourth-order valence-electron chi connectivity index (χ4n) is 3.97. The van der Waals surface area contributed by atoms with Gasteiger partial charge in [0.2, 0.25) is 18.2 Å². The summed E-state index contributed by atoms with van der Waals surface area (Å²) >= 11 is 0. The van der Waals surface area contributed by atoms with Crippen LogP contribution in [-0.2, 0) is 39.9 Å². The molecular formula is C29H49N5O8. The van der Waals surface area contributed by atoms with Crippen LogP contribution in [0.5, 0.6) is 0 Å². The van der Waals surface area contributed by atoms with Gasteiger partial charge in [0, 0.05) is 49.4 Å². The molecule has 0 spiro atoms.